The van der Waals surface area contributed by atoms with Crippen molar-refractivity contribution in [1.82, 2.24) is 4.90 Å². The number of para-hydroxylation sites is 1. The summed E-state index contributed by atoms with van der Waals surface area (Å²) in [4.78, 5) is 69.9. The Morgan fingerprint density at radius 2 is 1.38 bits per heavy atom. The van der Waals surface area contributed by atoms with E-state index < -0.39 is 66.5 Å². The van der Waals surface area contributed by atoms with Crippen molar-refractivity contribution in [3.05, 3.63) is 83.4 Å². The van der Waals surface area contributed by atoms with Crippen LogP contribution in [0, 0.1) is 0 Å². The van der Waals surface area contributed by atoms with Gasteiger partial charge in [-0.05, 0) is 74.6 Å². The second-order valence-electron chi connectivity index (χ2n) is 13.4. The quantitative estimate of drug-likeness (QED) is 0.179. The molecule has 0 saturated carbocycles. The van der Waals surface area contributed by atoms with Crippen LogP contribution >= 0.6 is 0 Å². The molecule has 0 spiro atoms. The van der Waals surface area contributed by atoms with Crippen molar-refractivity contribution in [1.29, 1.82) is 0 Å². The number of amides is 2. The number of benzene rings is 3. The molecule has 16 nitrogen and oxygen atoms in total. The number of nitrogens with one attached hydrogen (secondary N) is 2. The lowest BCUT2D eigenvalue weighted by Gasteiger charge is -2.50. The zero-order chi connectivity index (χ0) is 40.6. The van der Waals surface area contributed by atoms with Crippen molar-refractivity contribution in [3.8, 4) is 5.75 Å². The van der Waals surface area contributed by atoms with E-state index in [1.54, 1.807) is 36.4 Å². The molecule has 56 heavy (non-hydrogen) atoms. The van der Waals surface area contributed by atoms with Gasteiger partial charge in [0, 0.05) is 69.9 Å². The fourth-order valence-electron chi connectivity index (χ4n) is 6.90. The molecular weight excluding hydrogens is 728 g/mol. The van der Waals surface area contributed by atoms with E-state index in [4.69, 9.17) is 28.4 Å². The number of aliphatic hydroxyl groups excluding tert-OH is 1. The average Bonchev–Trinajstić information content (AvgIpc) is 3.40. The highest BCUT2D eigenvalue weighted by molar-refractivity contribution is 6.10. The summed E-state index contributed by atoms with van der Waals surface area (Å²) in [6, 6.07) is 18.0. The SMILES string of the molecule is COc1ccc(C(=O)Nc2cccc([C@@]3(OC)O[C@H](CO)[C@@H](OC(C)=O)[C@H](OC(C)=O)[C@H]3OC(C)=O)c2NC(=O)c2ccc(N3CCCN(C)CC3)cc2)cc1. The summed E-state index contributed by atoms with van der Waals surface area (Å²) in [6.45, 7) is 6.13. The summed E-state index contributed by atoms with van der Waals surface area (Å²) in [6.07, 6.45) is -5.17. The number of carbonyl (C=O) groups excluding carboxylic acids is 5. The van der Waals surface area contributed by atoms with E-state index in [1.807, 2.05) is 12.1 Å². The summed E-state index contributed by atoms with van der Waals surface area (Å²) in [5, 5.41) is 16.3. The molecule has 5 atom stereocenters. The summed E-state index contributed by atoms with van der Waals surface area (Å²) in [5.41, 5.74) is 1.52. The van der Waals surface area contributed by atoms with E-state index in [2.05, 4.69) is 27.5 Å². The zero-order valence-electron chi connectivity index (χ0n) is 32.2. The van der Waals surface area contributed by atoms with Crippen molar-refractivity contribution in [2.45, 2.75) is 57.4 Å². The van der Waals surface area contributed by atoms with Crippen LogP contribution in [0.15, 0.2) is 66.7 Å². The fourth-order valence-corrected chi connectivity index (χ4v) is 6.90. The molecule has 0 radical (unpaired) electrons. The maximum atomic E-state index is 14.2. The van der Waals surface area contributed by atoms with Gasteiger partial charge >= 0.3 is 17.9 Å². The van der Waals surface area contributed by atoms with Crippen LogP contribution in [0.1, 0.15) is 53.5 Å². The van der Waals surface area contributed by atoms with Gasteiger partial charge in [-0.15, -0.1) is 0 Å². The number of ether oxygens (including phenoxy) is 6. The van der Waals surface area contributed by atoms with Crippen LogP contribution in [0.5, 0.6) is 5.75 Å². The van der Waals surface area contributed by atoms with Crippen LogP contribution in [0.2, 0.25) is 0 Å². The van der Waals surface area contributed by atoms with Gasteiger partial charge in [-0.25, -0.2) is 0 Å². The molecule has 3 N–H and O–H groups in total. The van der Waals surface area contributed by atoms with Crippen molar-refractivity contribution in [3.63, 3.8) is 0 Å². The van der Waals surface area contributed by atoms with Crippen LogP contribution in [0.3, 0.4) is 0 Å². The van der Waals surface area contributed by atoms with E-state index in [0.717, 1.165) is 59.1 Å². The van der Waals surface area contributed by atoms with Crippen molar-refractivity contribution in [2.75, 3.05) is 69.6 Å². The van der Waals surface area contributed by atoms with E-state index in [-0.39, 0.29) is 28.1 Å². The summed E-state index contributed by atoms with van der Waals surface area (Å²) in [7, 11) is 4.80. The van der Waals surface area contributed by atoms with Gasteiger partial charge in [-0.3, -0.25) is 24.0 Å². The Bertz CT molecular complexity index is 1890. The Morgan fingerprint density at radius 3 is 1.96 bits per heavy atom. The van der Waals surface area contributed by atoms with Crippen molar-refractivity contribution < 1.29 is 57.5 Å². The Morgan fingerprint density at radius 1 is 0.768 bits per heavy atom. The van der Waals surface area contributed by atoms with Crippen LogP contribution in [-0.4, -0.2) is 118 Å². The highest BCUT2D eigenvalue weighted by Crippen LogP contribution is 2.47. The number of hydrogen-bond donors (Lipinski definition) is 3. The van der Waals surface area contributed by atoms with Gasteiger partial charge in [0.2, 0.25) is 11.9 Å². The minimum absolute atomic E-state index is 0.00526. The lowest BCUT2D eigenvalue weighted by atomic mass is 9.86. The van der Waals surface area contributed by atoms with Gasteiger partial charge in [0.25, 0.3) is 11.8 Å². The number of rotatable bonds is 12. The van der Waals surface area contributed by atoms with E-state index >= 15 is 0 Å². The number of methoxy groups -OCH3 is 2. The molecule has 5 rings (SSSR count). The fraction of sp³-hybridized carbons (Fsp3) is 0.425. The highest BCUT2D eigenvalue weighted by atomic mass is 16.7. The normalized spacial score (nSPS) is 22.6. The first kappa shape index (κ1) is 41.6. The van der Waals surface area contributed by atoms with Crippen LogP contribution in [-0.2, 0) is 43.9 Å². The first-order valence-corrected chi connectivity index (χ1v) is 18.1. The van der Waals surface area contributed by atoms with Gasteiger partial charge in [0.15, 0.2) is 12.2 Å². The Kier molecular flexibility index (Phi) is 13.7. The maximum absolute atomic E-state index is 14.2. The van der Waals surface area contributed by atoms with E-state index in [1.165, 1.54) is 32.4 Å². The second kappa shape index (κ2) is 18.4. The highest BCUT2D eigenvalue weighted by Gasteiger charge is 2.62. The predicted octanol–water partition coefficient (Wildman–Crippen LogP) is 3.33. The monoisotopic (exact) mass is 776 g/mol. The van der Waals surface area contributed by atoms with E-state index in [9.17, 15) is 29.1 Å². The Hall–Kier alpha value is -5.55. The molecule has 0 bridgehead atoms. The smallest absolute Gasteiger partial charge is 0.303 e. The molecule has 0 unspecified atom stereocenters. The summed E-state index contributed by atoms with van der Waals surface area (Å²) >= 11 is 0. The number of likely N-dealkylation sites (N-methyl/N-ethyl adjacent to an activating group) is 1. The first-order valence-electron chi connectivity index (χ1n) is 18.1. The third kappa shape index (κ3) is 9.45. The van der Waals surface area contributed by atoms with Gasteiger partial charge in [0.05, 0.1) is 25.1 Å². The average molecular weight is 777 g/mol. The lowest BCUT2D eigenvalue weighted by Crippen LogP contribution is -2.67. The largest absolute Gasteiger partial charge is 0.497 e. The molecule has 2 heterocycles. The molecule has 0 aliphatic carbocycles. The number of carbonyl (C=O) groups is 5. The number of aliphatic hydroxyl groups is 1. The number of anilines is 3. The Balaban J connectivity index is 1.63. The third-order valence-corrected chi connectivity index (χ3v) is 9.56. The molecule has 2 aliphatic rings. The number of nitrogens with zero attached hydrogens (tertiary/aromatic N) is 2. The maximum Gasteiger partial charge on any atom is 0.303 e. The Labute approximate surface area is 324 Å². The molecular formula is C40H48N4O12. The van der Waals surface area contributed by atoms with Gasteiger partial charge in [-0.2, -0.15) is 0 Å². The molecule has 300 valence electrons. The van der Waals surface area contributed by atoms with Crippen LogP contribution < -0.4 is 20.3 Å². The number of esters is 3. The van der Waals surface area contributed by atoms with Gasteiger partial charge in [-0.1, -0.05) is 12.1 Å². The molecule has 3 aromatic carbocycles. The minimum Gasteiger partial charge on any atom is -0.497 e. The standard InChI is InChI=1S/C40H48N4O12/c1-24(46)53-35-33(23-45)56-40(52-6,37(55-26(3)48)36(35)54-25(2)47)31-9-7-10-32(41-38(49)28-13-17-30(51-5)18-14-28)34(31)42-39(50)27-11-15-29(16-12-27)44-20-8-19-43(4)21-22-44/h7,9-18,33,35-37,45H,8,19-23H2,1-6H3,(H,41,49)(H,42,50)/t33-,35-,36+,37-,40-/m1/s1. The first-order chi connectivity index (χ1) is 26.8. The molecule has 2 saturated heterocycles. The molecule has 2 fully saturated rings. The van der Waals surface area contributed by atoms with Gasteiger partial charge < -0.3 is 54.0 Å². The van der Waals surface area contributed by atoms with Crippen molar-refractivity contribution >= 4 is 46.8 Å². The van der Waals surface area contributed by atoms with Crippen LogP contribution in [0.25, 0.3) is 0 Å². The predicted molar refractivity (Wildman–Crippen MR) is 203 cm³/mol. The summed E-state index contributed by atoms with van der Waals surface area (Å²) in [5.74, 6) is -5.36. The second-order valence-corrected chi connectivity index (χ2v) is 13.4. The number of hydrogen-bond acceptors (Lipinski definition) is 14. The van der Waals surface area contributed by atoms with E-state index in [0.29, 0.717) is 5.75 Å². The van der Waals surface area contributed by atoms with Crippen LogP contribution in [0.4, 0.5) is 17.1 Å². The molecule has 16 heteroatoms. The topological polar surface area (TPSA) is 192 Å². The summed E-state index contributed by atoms with van der Waals surface area (Å²) < 4.78 is 34.5. The minimum atomic E-state index is -2.26. The zero-order valence-corrected chi connectivity index (χ0v) is 32.2. The lowest BCUT2D eigenvalue weighted by molar-refractivity contribution is -0.367. The molecule has 2 amide bonds. The molecule has 3 aromatic rings. The van der Waals surface area contributed by atoms with Crippen molar-refractivity contribution in [2.24, 2.45) is 0 Å². The molecule has 2 aliphatic heterocycles. The van der Waals surface area contributed by atoms with Gasteiger partial charge in [0.1, 0.15) is 11.9 Å². The third-order valence-electron chi connectivity index (χ3n) is 9.56. The molecule has 0 aromatic heterocycles.